The number of hydrogen-bond acceptors (Lipinski definition) is 5. The number of halogens is 2. The number of pyridine rings is 2. The Hall–Kier alpha value is -3.65. The van der Waals surface area contributed by atoms with Crippen LogP contribution in [0.25, 0.3) is 33.4 Å². The second kappa shape index (κ2) is 9.34. The molecule has 0 saturated carbocycles. The summed E-state index contributed by atoms with van der Waals surface area (Å²) in [5.41, 5.74) is 7.38. The van der Waals surface area contributed by atoms with E-state index in [-0.39, 0.29) is 5.69 Å². The van der Waals surface area contributed by atoms with Crippen molar-refractivity contribution in [3.63, 3.8) is 0 Å². The van der Waals surface area contributed by atoms with Crippen molar-refractivity contribution < 1.29 is 8.78 Å². The zero-order valence-corrected chi connectivity index (χ0v) is 21.3. The first-order valence-electron chi connectivity index (χ1n) is 12.9. The molecule has 0 spiro atoms. The molecule has 2 aliphatic rings. The van der Waals surface area contributed by atoms with Gasteiger partial charge in [0.25, 0.3) is 0 Å². The third kappa shape index (κ3) is 4.29. The highest BCUT2D eigenvalue weighted by Crippen LogP contribution is 2.41. The fourth-order valence-electron chi connectivity index (χ4n) is 5.53. The summed E-state index contributed by atoms with van der Waals surface area (Å²) in [6, 6.07) is 7.10. The number of rotatable bonds is 4. The van der Waals surface area contributed by atoms with Crippen LogP contribution in [0.5, 0.6) is 0 Å². The van der Waals surface area contributed by atoms with Crippen LogP contribution in [0.1, 0.15) is 38.7 Å². The lowest BCUT2D eigenvalue weighted by Crippen LogP contribution is -2.44. The highest BCUT2D eigenvalue weighted by molar-refractivity contribution is 5.96. The van der Waals surface area contributed by atoms with Gasteiger partial charge in [0.05, 0.1) is 23.3 Å². The molecule has 1 aromatic carbocycles. The molecule has 6 rings (SSSR count). The Morgan fingerprint density at radius 3 is 2.59 bits per heavy atom. The summed E-state index contributed by atoms with van der Waals surface area (Å²) in [6.07, 6.45) is 6.41. The minimum atomic E-state index is -0.854. The van der Waals surface area contributed by atoms with Crippen LogP contribution in [0, 0.1) is 17.6 Å². The number of H-pyrrole nitrogens is 1. The van der Waals surface area contributed by atoms with E-state index in [0.717, 1.165) is 58.8 Å². The third-order valence-electron chi connectivity index (χ3n) is 7.55. The van der Waals surface area contributed by atoms with Crippen molar-refractivity contribution in [2.24, 2.45) is 10.9 Å². The van der Waals surface area contributed by atoms with Crippen molar-refractivity contribution in [3.8, 4) is 22.4 Å². The summed E-state index contributed by atoms with van der Waals surface area (Å²) in [5.74, 6) is -0.794. The first-order valence-corrected chi connectivity index (χ1v) is 12.9. The zero-order chi connectivity index (χ0) is 25.7. The first kappa shape index (κ1) is 23.7. The van der Waals surface area contributed by atoms with Crippen LogP contribution < -0.4 is 10.2 Å². The molecule has 1 unspecified atom stereocenters. The molecule has 0 aliphatic carbocycles. The maximum Gasteiger partial charge on any atom is 0.182 e. The Labute approximate surface area is 214 Å². The van der Waals surface area contributed by atoms with Crippen molar-refractivity contribution in [3.05, 3.63) is 60.1 Å². The van der Waals surface area contributed by atoms with Crippen LogP contribution in [0.4, 0.5) is 20.2 Å². The Bertz CT molecular complexity index is 1520. The van der Waals surface area contributed by atoms with E-state index in [2.05, 4.69) is 42.1 Å². The average molecular weight is 501 g/mol. The van der Waals surface area contributed by atoms with Gasteiger partial charge in [0.15, 0.2) is 11.6 Å². The Kier molecular flexibility index (Phi) is 5.99. The van der Waals surface area contributed by atoms with Gasteiger partial charge in [-0.3, -0.25) is 9.98 Å². The van der Waals surface area contributed by atoms with Crippen LogP contribution in [-0.4, -0.2) is 46.8 Å². The van der Waals surface area contributed by atoms with E-state index in [4.69, 9.17) is 9.98 Å². The number of fused-ring (bicyclic) bond motifs is 2. The lowest BCUT2D eigenvalue weighted by atomic mass is 9.82. The fourth-order valence-corrected chi connectivity index (χ4v) is 5.53. The van der Waals surface area contributed by atoms with Gasteiger partial charge in [0.1, 0.15) is 5.65 Å². The molecule has 2 aliphatic heterocycles. The van der Waals surface area contributed by atoms with Gasteiger partial charge in [-0.25, -0.2) is 13.8 Å². The smallest absolute Gasteiger partial charge is 0.182 e. The lowest BCUT2D eigenvalue weighted by molar-refractivity contribution is 0.500. The number of benzene rings is 1. The van der Waals surface area contributed by atoms with Crippen LogP contribution >= 0.6 is 0 Å². The summed E-state index contributed by atoms with van der Waals surface area (Å²) in [4.78, 5) is 19.2. The number of nitrogens with one attached hydrogen (secondary N) is 2. The van der Waals surface area contributed by atoms with E-state index < -0.39 is 11.6 Å². The maximum absolute atomic E-state index is 14.7. The molecule has 0 bridgehead atoms. The van der Waals surface area contributed by atoms with Crippen molar-refractivity contribution in [2.75, 3.05) is 31.1 Å². The highest BCUT2D eigenvalue weighted by Gasteiger charge is 2.25. The number of nitrogens with zero attached hydrogens (tertiary/aromatic N) is 4. The number of hydrogen-bond donors (Lipinski definition) is 2. The number of aromatic amines is 1. The molecular formula is C29H30F2N6. The van der Waals surface area contributed by atoms with Crippen molar-refractivity contribution in [2.45, 2.75) is 33.1 Å². The Morgan fingerprint density at radius 1 is 1.00 bits per heavy atom. The van der Waals surface area contributed by atoms with Crippen molar-refractivity contribution in [1.29, 1.82) is 0 Å². The molecule has 0 radical (unpaired) electrons. The summed E-state index contributed by atoms with van der Waals surface area (Å²) in [5, 5.41) is 4.13. The standard InChI is InChI=1S/C29H30F2N6/c1-16(2)20-8-17(3)36-26-15-33-25(12-21(20)26)23-14-35-29-22(23)9-19(13-34-29)18-10-24(30)28(31)27(11-18)37-6-4-32-5-7-37/h9-16,20,32H,4-8H2,1-3H3,(H,34,35). The molecule has 8 heteroatoms. The predicted molar refractivity (Wildman–Crippen MR) is 145 cm³/mol. The molecule has 2 N–H and O–H groups in total. The summed E-state index contributed by atoms with van der Waals surface area (Å²) in [7, 11) is 0. The highest BCUT2D eigenvalue weighted by atomic mass is 19.2. The number of aromatic nitrogens is 3. The molecule has 0 amide bonds. The second-order valence-corrected chi connectivity index (χ2v) is 10.4. The van der Waals surface area contributed by atoms with Gasteiger partial charge in [-0.2, -0.15) is 0 Å². The minimum Gasteiger partial charge on any atom is -0.367 e. The summed E-state index contributed by atoms with van der Waals surface area (Å²) in [6.45, 7) is 9.29. The molecular weight excluding hydrogens is 470 g/mol. The van der Waals surface area contributed by atoms with Gasteiger partial charge in [-0.15, -0.1) is 0 Å². The normalized spacial score (nSPS) is 17.8. The number of piperazine rings is 1. The monoisotopic (exact) mass is 500 g/mol. The van der Waals surface area contributed by atoms with E-state index in [9.17, 15) is 8.78 Å². The largest absolute Gasteiger partial charge is 0.367 e. The fraction of sp³-hybridized carbons (Fsp3) is 0.345. The predicted octanol–water partition coefficient (Wildman–Crippen LogP) is 6.22. The van der Waals surface area contributed by atoms with E-state index in [0.29, 0.717) is 30.5 Å². The van der Waals surface area contributed by atoms with Crippen molar-refractivity contribution in [1.82, 2.24) is 20.3 Å². The van der Waals surface area contributed by atoms with Gasteiger partial charge >= 0.3 is 0 Å². The SMILES string of the molecule is CC1=Nc2cnc(-c3c[nH]c4ncc(-c5cc(F)c(F)c(N6CCNCC6)c5)cc34)cc2C(C(C)C)C1. The van der Waals surface area contributed by atoms with Gasteiger partial charge in [-0.05, 0) is 60.6 Å². The number of aliphatic imine (C=N–C) groups is 1. The molecule has 37 heavy (non-hydrogen) atoms. The Balaban J connectivity index is 1.43. The molecule has 4 aromatic rings. The second-order valence-electron chi connectivity index (χ2n) is 10.4. The molecule has 190 valence electrons. The lowest BCUT2D eigenvalue weighted by Gasteiger charge is -2.30. The topological polar surface area (TPSA) is 69.2 Å². The van der Waals surface area contributed by atoms with Crippen LogP contribution in [0.2, 0.25) is 0 Å². The van der Waals surface area contributed by atoms with Crippen LogP contribution in [-0.2, 0) is 0 Å². The van der Waals surface area contributed by atoms with Gasteiger partial charge in [0.2, 0.25) is 0 Å². The molecule has 3 aromatic heterocycles. The molecule has 5 heterocycles. The van der Waals surface area contributed by atoms with Crippen molar-refractivity contribution >= 4 is 28.1 Å². The first-order chi connectivity index (χ1) is 17.9. The summed E-state index contributed by atoms with van der Waals surface area (Å²) >= 11 is 0. The maximum atomic E-state index is 14.7. The molecule has 1 saturated heterocycles. The summed E-state index contributed by atoms with van der Waals surface area (Å²) < 4.78 is 29.4. The zero-order valence-electron chi connectivity index (χ0n) is 21.3. The van der Waals surface area contributed by atoms with E-state index in [1.54, 1.807) is 12.3 Å². The molecule has 1 fully saturated rings. The third-order valence-corrected chi connectivity index (χ3v) is 7.55. The van der Waals surface area contributed by atoms with E-state index in [1.807, 2.05) is 23.4 Å². The molecule has 6 nitrogen and oxygen atoms in total. The quantitative estimate of drug-likeness (QED) is 0.349. The van der Waals surface area contributed by atoms with E-state index in [1.165, 1.54) is 11.6 Å². The van der Waals surface area contributed by atoms with Gasteiger partial charge < -0.3 is 15.2 Å². The Morgan fingerprint density at radius 2 is 1.81 bits per heavy atom. The molecule has 1 atom stereocenters. The minimum absolute atomic E-state index is 0.290. The van der Waals surface area contributed by atoms with Gasteiger partial charge in [0, 0.05) is 60.8 Å². The van der Waals surface area contributed by atoms with Crippen LogP contribution in [0.15, 0.2) is 47.8 Å². The van der Waals surface area contributed by atoms with E-state index >= 15 is 0 Å². The van der Waals surface area contributed by atoms with Gasteiger partial charge in [-0.1, -0.05) is 13.8 Å². The average Bonchev–Trinajstić information content (AvgIpc) is 3.33. The van der Waals surface area contributed by atoms with Crippen LogP contribution in [0.3, 0.4) is 0 Å². The number of anilines is 1.